The van der Waals surface area contributed by atoms with E-state index in [9.17, 15) is 9.90 Å². The van der Waals surface area contributed by atoms with Crippen LogP contribution in [0.1, 0.15) is 16.7 Å². The first-order valence-electron chi connectivity index (χ1n) is 8.97. The molecule has 0 saturated heterocycles. The first-order chi connectivity index (χ1) is 13.0. The van der Waals surface area contributed by atoms with Gasteiger partial charge in [0.25, 0.3) is 5.56 Å². The van der Waals surface area contributed by atoms with Gasteiger partial charge in [-0.05, 0) is 43.5 Å². The molecule has 0 aliphatic carbocycles. The molecule has 0 spiro atoms. The van der Waals surface area contributed by atoms with Crippen LogP contribution in [-0.2, 0) is 6.54 Å². The van der Waals surface area contributed by atoms with Crippen molar-refractivity contribution in [2.45, 2.75) is 33.4 Å². The molecule has 3 aromatic rings. The van der Waals surface area contributed by atoms with Gasteiger partial charge in [0.1, 0.15) is 18.5 Å². The Labute approximate surface area is 158 Å². The maximum atomic E-state index is 12.1. The van der Waals surface area contributed by atoms with Crippen molar-refractivity contribution in [1.29, 1.82) is 0 Å². The number of rotatable bonds is 6. The Morgan fingerprint density at radius 3 is 2.44 bits per heavy atom. The monoisotopic (exact) mass is 364 g/mol. The summed E-state index contributed by atoms with van der Waals surface area (Å²) >= 11 is 0. The molecule has 0 fully saturated rings. The molecule has 1 heterocycles. The minimum absolute atomic E-state index is 0.0728. The van der Waals surface area contributed by atoms with Crippen molar-refractivity contribution in [2.75, 3.05) is 6.61 Å². The number of hydrogen-bond donors (Lipinski definition) is 1. The van der Waals surface area contributed by atoms with Crippen LogP contribution in [0.25, 0.3) is 11.3 Å². The maximum absolute atomic E-state index is 12.1. The van der Waals surface area contributed by atoms with E-state index in [0.717, 1.165) is 28.0 Å². The van der Waals surface area contributed by atoms with E-state index in [4.69, 9.17) is 4.74 Å². The fourth-order valence-electron chi connectivity index (χ4n) is 2.92. The predicted molar refractivity (Wildman–Crippen MR) is 106 cm³/mol. The molecule has 0 saturated carbocycles. The summed E-state index contributed by atoms with van der Waals surface area (Å²) in [5.74, 6) is 0.785. The third-order valence-electron chi connectivity index (χ3n) is 4.61. The van der Waals surface area contributed by atoms with Crippen molar-refractivity contribution in [2.24, 2.45) is 0 Å². The van der Waals surface area contributed by atoms with Crippen LogP contribution in [0.4, 0.5) is 0 Å². The zero-order chi connectivity index (χ0) is 19.4. The van der Waals surface area contributed by atoms with Gasteiger partial charge in [0.05, 0.1) is 12.2 Å². The second-order valence-electron chi connectivity index (χ2n) is 6.72. The summed E-state index contributed by atoms with van der Waals surface area (Å²) in [5, 5.41) is 14.8. The zero-order valence-corrected chi connectivity index (χ0v) is 15.8. The summed E-state index contributed by atoms with van der Waals surface area (Å²) < 4.78 is 7.13. The van der Waals surface area contributed by atoms with E-state index in [2.05, 4.69) is 5.10 Å². The maximum Gasteiger partial charge on any atom is 0.266 e. The number of nitrogens with zero attached hydrogens (tertiary/aromatic N) is 2. The molecule has 3 rings (SSSR count). The van der Waals surface area contributed by atoms with Gasteiger partial charge in [-0.2, -0.15) is 5.10 Å². The van der Waals surface area contributed by atoms with E-state index in [-0.39, 0.29) is 18.7 Å². The number of aromatic nitrogens is 2. The van der Waals surface area contributed by atoms with Gasteiger partial charge in [0, 0.05) is 11.6 Å². The first-order valence-corrected chi connectivity index (χ1v) is 8.97. The Morgan fingerprint density at radius 1 is 1.00 bits per heavy atom. The highest BCUT2D eigenvalue weighted by molar-refractivity contribution is 5.57. The van der Waals surface area contributed by atoms with Crippen LogP contribution in [0.2, 0.25) is 0 Å². The number of ether oxygens (including phenoxy) is 1. The van der Waals surface area contributed by atoms with Crippen LogP contribution in [0.15, 0.2) is 59.4 Å². The van der Waals surface area contributed by atoms with Crippen molar-refractivity contribution in [3.05, 3.63) is 81.6 Å². The summed E-state index contributed by atoms with van der Waals surface area (Å²) in [6, 6.07) is 16.8. The fourth-order valence-corrected chi connectivity index (χ4v) is 2.92. The highest BCUT2D eigenvalue weighted by atomic mass is 16.5. The molecule has 0 amide bonds. The van der Waals surface area contributed by atoms with E-state index in [0.29, 0.717) is 5.69 Å². The van der Waals surface area contributed by atoms with Crippen LogP contribution < -0.4 is 10.3 Å². The lowest BCUT2D eigenvalue weighted by molar-refractivity contribution is 0.0874. The van der Waals surface area contributed by atoms with Gasteiger partial charge in [-0.15, -0.1) is 0 Å². The first kappa shape index (κ1) is 18.9. The molecular weight excluding hydrogens is 340 g/mol. The molecule has 0 radical (unpaired) electrons. The minimum atomic E-state index is -0.847. The second kappa shape index (κ2) is 8.18. The van der Waals surface area contributed by atoms with Crippen LogP contribution in [-0.4, -0.2) is 27.6 Å². The van der Waals surface area contributed by atoms with Crippen LogP contribution >= 0.6 is 0 Å². The lowest BCUT2D eigenvalue weighted by atomic mass is 10.1. The Bertz CT molecular complexity index is 981. The molecule has 1 unspecified atom stereocenters. The van der Waals surface area contributed by atoms with E-state index >= 15 is 0 Å². The molecular formula is C22H24N2O3. The molecule has 0 aliphatic rings. The molecule has 27 heavy (non-hydrogen) atoms. The second-order valence-corrected chi connectivity index (χ2v) is 6.72. The van der Waals surface area contributed by atoms with E-state index in [1.54, 1.807) is 6.07 Å². The SMILES string of the molecule is Cc1ccc(C)c(OCC(O)Cn2nc(-c3ccccc3)ccc2=O)c1C. The molecule has 5 heteroatoms. The number of aliphatic hydroxyl groups excluding tert-OH is 1. The van der Waals surface area contributed by atoms with Crippen LogP contribution in [0.5, 0.6) is 5.75 Å². The van der Waals surface area contributed by atoms with Crippen LogP contribution in [0.3, 0.4) is 0 Å². The van der Waals surface area contributed by atoms with Crippen molar-refractivity contribution in [1.82, 2.24) is 9.78 Å². The molecule has 1 atom stereocenters. The average molecular weight is 364 g/mol. The molecule has 1 N–H and O–H groups in total. The third-order valence-corrected chi connectivity index (χ3v) is 4.61. The quantitative estimate of drug-likeness (QED) is 0.729. The molecule has 0 aliphatic heterocycles. The largest absolute Gasteiger partial charge is 0.490 e. The Hall–Kier alpha value is -2.92. The fraction of sp³-hybridized carbons (Fsp3) is 0.273. The molecule has 2 aromatic carbocycles. The topological polar surface area (TPSA) is 64.3 Å². The third kappa shape index (κ3) is 4.44. The smallest absolute Gasteiger partial charge is 0.266 e. The van der Waals surface area contributed by atoms with Gasteiger partial charge in [0.2, 0.25) is 0 Å². The van der Waals surface area contributed by atoms with Gasteiger partial charge in [0.15, 0.2) is 0 Å². The Morgan fingerprint density at radius 2 is 1.70 bits per heavy atom. The van der Waals surface area contributed by atoms with Gasteiger partial charge in [-0.1, -0.05) is 42.5 Å². The standard InChI is InChI=1S/C22H24N2O3/c1-15-9-10-16(2)22(17(15)3)27-14-19(25)13-24-21(26)12-11-20(23-24)18-7-5-4-6-8-18/h4-12,19,25H,13-14H2,1-3H3. The van der Waals surface area contributed by atoms with Crippen molar-refractivity contribution < 1.29 is 9.84 Å². The predicted octanol–water partition coefficient (Wildman–Crippen LogP) is 3.28. The highest BCUT2D eigenvalue weighted by Crippen LogP contribution is 2.25. The summed E-state index contributed by atoms with van der Waals surface area (Å²) in [7, 11) is 0. The van der Waals surface area contributed by atoms with E-state index in [1.165, 1.54) is 10.7 Å². The summed E-state index contributed by atoms with van der Waals surface area (Å²) in [6.07, 6.45) is -0.847. The van der Waals surface area contributed by atoms with Gasteiger partial charge in [-0.3, -0.25) is 4.79 Å². The number of aliphatic hydroxyl groups is 1. The number of benzene rings is 2. The van der Waals surface area contributed by atoms with Crippen LogP contribution in [0, 0.1) is 20.8 Å². The van der Waals surface area contributed by atoms with E-state index < -0.39 is 6.10 Å². The molecule has 5 nitrogen and oxygen atoms in total. The summed E-state index contributed by atoms with van der Waals surface area (Å²) in [6.45, 7) is 6.16. The summed E-state index contributed by atoms with van der Waals surface area (Å²) in [4.78, 5) is 12.1. The van der Waals surface area contributed by atoms with Crippen molar-refractivity contribution in [3.8, 4) is 17.0 Å². The number of hydrogen-bond acceptors (Lipinski definition) is 4. The minimum Gasteiger partial charge on any atom is -0.490 e. The molecule has 1 aromatic heterocycles. The summed E-state index contributed by atoms with van der Waals surface area (Å²) in [5.41, 5.74) is 4.57. The number of aryl methyl sites for hydroxylation is 2. The van der Waals surface area contributed by atoms with Gasteiger partial charge in [-0.25, -0.2) is 4.68 Å². The lowest BCUT2D eigenvalue weighted by Gasteiger charge is -2.17. The lowest BCUT2D eigenvalue weighted by Crippen LogP contribution is -2.31. The Kier molecular flexibility index (Phi) is 5.72. The van der Waals surface area contributed by atoms with E-state index in [1.807, 2.05) is 63.2 Å². The van der Waals surface area contributed by atoms with Crippen molar-refractivity contribution in [3.63, 3.8) is 0 Å². The average Bonchev–Trinajstić information content (AvgIpc) is 2.67. The zero-order valence-electron chi connectivity index (χ0n) is 15.8. The Balaban J connectivity index is 1.72. The normalized spacial score (nSPS) is 12.0. The molecule has 0 bridgehead atoms. The molecule has 140 valence electrons. The van der Waals surface area contributed by atoms with Gasteiger partial charge >= 0.3 is 0 Å². The van der Waals surface area contributed by atoms with Gasteiger partial charge < -0.3 is 9.84 Å². The van der Waals surface area contributed by atoms with Crippen molar-refractivity contribution >= 4 is 0 Å². The highest BCUT2D eigenvalue weighted by Gasteiger charge is 2.13.